The number of hydrogen-bond acceptors (Lipinski definition) is 6. The van der Waals surface area contributed by atoms with Crippen LogP contribution in [-0.4, -0.2) is 80.7 Å². The summed E-state index contributed by atoms with van der Waals surface area (Å²) >= 11 is 0. The minimum atomic E-state index is -5.00. The summed E-state index contributed by atoms with van der Waals surface area (Å²) in [6.45, 7) is -1.67. The number of hydrogen-bond donors (Lipinski definition) is 2. The van der Waals surface area contributed by atoms with Gasteiger partial charge in [0.2, 0.25) is 5.91 Å². The predicted octanol–water partition coefficient (Wildman–Crippen LogP) is 1.31. The molecule has 0 radical (unpaired) electrons. The lowest BCUT2D eigenvalue weighted by Crippen LogP contribution is -2.56. The number of anilines is 1. The van der Waals surface area contributed by atoms with Crippen molar-refractivity contribution in [2.75, 3.05) is 42.6 Å². The molecule has 2 fully saturated rings. The van der Waals surface area contributed by atoms with Crippen LogP contribution in [0, 0.1) is 23.0 Å². The minimum absolute atomic E-state index is 0.206. The largest absolute Gasteiger partial charge is 0.405 e. The molecule has 3 amide bonds. The van der Waals surface area contributed by atoms with Gasteiger partial charge in [-0.25, -0.2) is 22.0 Å². The molecule has 1 heterocycles. The van der Waals surface area contributed by atoms with Gasteiger partial charge in [-0.2, -0.15) is 18.4 Å². The first-order valence-electron chi connectivity index (χ1n) is 10.5. The van der Waals surface area contributed by atoms with Crippen molar-refractivity contribution in [2.24, 2.45) is 0 Å². The number of alkyl halides is 3. The first-order chi connectivity index (χ1) is 16.2. The van der Waals surface area contributed by atoms with Crippen molar-refractivity contribution in [3.63, 3.8) is 0 Å². The Bertz CT molecular complexity index is 1130. The van der Waals surface area contributed by atoms with Crippen molar-refractivity contribution < 1.29 is 40.0 Å². The van der Waals surface area contributed by atoms with Crippen LogP contribution < -0.4 is 15.5 Å². The van der Waals surface area contributed by atoms with Gasteiger partial charge in [0, 0.05) is 25.7 Å². The predicted molar refractivity (Wildman–Crippen MR) is 113 cm³/mol. The molecular weight excluding hydrogens is 501 g/mol. The van der Waals surface area contributed by atoms with Crippen LogP contribution in [0.2, 0.25) is 0 Å². The second kappa shape index (κ2) is 9.84. The van der Waals surface area contributed by atoms with E-state index in [2.05, 4.69) is 10.6 Å². The summed E-state index contributed by atoms with van der Waals surface area (Å²) in [6.07, 6.45) is -4.57. The first-order valence-corrected chi connectivity index (χ1v) is 12.3. The number of carbonyl (C=O) groups is 2. The summed E-state index contributed by atoms with van der Waals surface area (Å²) in [7, 11) is -4.28. The van der Waals surface area contributed by atoms with Gasteiger partial charge < -0.3 is 20.4 Å². The van der Waals surface area contributed by atoms with Crippen molar-refractivity contribution in [1.82, 2.24) is 15.5 Å². The van der Waals surface area contributed by atoms with Crippen LogP contribution >= 0.6 is 0 Å². The van der Waals surface area contributed by atoms with Crippen LogP contribution in [0.4, 0.5) is 32.4 Å². The normalized spacial score (nSPS) is 17.9. The van der Waals surface area contributed by atoms with Crippen LogP contribution in [0.25, 0.3) is 0 Å². The summed E-state index contributed by atoms with van der Waals surface area (Å²) in [5.74, 6) is -5.57. The van der Waals surface area contributed by atoms with Crippen LogP contribution in [0.5, 0.6) is 0 Å². The number of rotatable bonds is 10. The Balaban J connectivity index is 1.94. The lowest BCUT2D eigenvalue weighted by atomic mass is 10.1. The van der Waals surface area contributed by atoms with E-state index in [4.69, 9.17) is 0 Å². The smallest absolute Gasteiger partial charge is 0.347 e. The number of nitriles is 1. The zero-order valence-electron chi connectivity index (χ0n) is 18.2. The lowest BCUT2D eigenvalue weighted by Gasteiger charge is -2.34. The van der Waals surface area contributed by atoms with Gasteiger partial charge in [-0.05, 0) is 25.0 Å². The van der Waals surface area contributed by atoms with Crippen molar-refractivity contribution in [3.05, 3.63) is 29.8 Å². The molecule has 15 heteroatoms. The maximum atomic E-state index is 14.5. The van der Waals surface area contributed by atoms with Gasteiger partial charge in [-0.3, -0.25) is 4.79 Å². The fourth-order valence-electron chi connectivity index (χ4n) is 3.58. The van der Waals surface area contributed by atoms with E-state index in [1.54, 1.807) is 0 Å². The Morgan fingerprint density at radius 2 is 2.00 bits per heavy atom. The van der Waals surface area contributed by atoms with E-state index in [0.29, 0.717) is 24.7 Å². The zero-order valence-corrected chi connectivity index (χ0v) is 19.1. The van der Waals surface area contributed by atoms with E-state index in [0.717, 1.165) is 0 Å². The summed E-state index contributed by atoms with van der Waals surface area (Å²) in [6, 6.07) is 0.874. The SMILES string of the molecule is N#CC1(NC(=O)[C@H](CS(=O)(=O)CCN2CCNC2=O)N(CC(F)(F)F)c2ccc(F)cc2F)CC1. The van der Waals surface area contributed by atoms with E-state index < -0.39 is 74.9 Å². The number of halogens is 5. The summed E-state index contributed by atoms with van der Waals surface area (Å²) in [5, 5.41) is 14.0. The molecular formula is C20H22F5N5O4S. The fourth-order valence-corrected chi connectivity index (χ4v) is 5.06. The summed E-state index contributed by atoms with van der Waals surface area (Å²) in [5.41, 5.74) is -2.18. The van der Waals surface area contributed by atoms with Crippen molar-refractivity contribution in [1.29, 1.82) is 5.26 Å². The van der Waals surface area contributed by atoms with Crippen LogP contribution in [-0.2, 0) is 14.6 Å². The molecule has 0 bridgehead atoms. The number of nitrogens with one attached hydrogen (secondary N) is 2. The van der Waals surface area contributed by atoms with E-state index in [-0.39, 0.29) is 30.8 Å². The average molecular weight is 523 g/mol. The van der Waals surface area contributed by atoms with Crippen LogP contribution in [0.3, 0.4) is 0 Å². The number of amides is 3. The Morgan fingerprint density at radius 1 is 1.31 bits per heavy atom. The highest BCUT2D eigenvalue weighted by atomic mass is 32.2. The van der Waals surface area contributed by atoms with Crippen LogP contribution in [0.1, 0.15) is 12.8 Å². The third kappa shape index (κ3) is 6.93. The highest BCUT2D eigenvalue weighted by Gasteiger charge is 2.48. The van der Waals surface area contributed by atoms with E-state index in [1.807, 2.05) is 6.07 Å². The molecule has 1 aromatic rings. The second-order valence-electron chi connectivity index (χ2n) is 8.37. The highest BCUT2D eigenvalue weighted by molar-refractivity contribution is 7.91. The van der Waals surface area contributed by atoms with Crippen LogP contribution in [0.15, 0.2) is 18.2 Å². The van der Waals surface area contributed by atoms with E-state index in [1.165, 1.54) is 4.90 Å². The molecule has 2 N–H and O–H groups in total. The van der Waals surface area contributed by atoms with Crippen molar-refractivity contribution in [2.45, 2.75) is 30.6 Å². The Kier molecular flexibility index (Phi) is 7.44. The number of nitrogens with zero attached hydrogens (tertiary/aromatic N) is 3. The molecule has 1 saturated heterocycles. The highest BCUT2D eigenvalue weighted by Crippen LogP contribution is 2.35. The van der Waals surface area contributed by atoms with Gasteiger partial charge in [0.15, 0.2) is 9.84 Å². The Hall–Kier alpha value is -3.15. The van der Waals surface area contributed by atoms with Gasteiger partial charge in [-0.1, -0.05) is 0 Å². The standard InChI is InChI=1S/C20H22F5N5O4S/c21-13-1-2-15(14(22)9-13)30(12-20(23,24)25)16(17(31)28-19(11-26)3-4-19)10-35(33,34)8-7-29-6-5-27-18(29)32/h1-2,9,16H,3-8,10,12H2,(H,27,32)(H,28,31)/t16-/m0/s1. The van der Waals surface area contributed by atoms with Gasteiger partial charge in [0.05, 0.1) is 23.3 Å². The first kappa shape index (κ1) is 26.5. The molecule has 1 aliphatic carbocycles. The molecule has 0 spiro atoms. The quantitative estimate of drug-likeness (QED) is 0.446. The molecule has 0 unspecified atom stereocenters. The van der Waals surface area contributed by atoms with E-state index >= 15 is 0 Å². The van der Waals surface area contributed by atoms with Crippen molar-refractivity contribution in [3.8, 4) is 6.07 Å². The zero-order chi connectivity index (χ0) is 26.0. The van der Waals surface area contributed by atoms with Gasteiger partial charge >= 0.3 is 12.2 Å². The molecule has 1 atom stereocenters. The molecule has 0 aromatic heterocycles. The van der Waals surface area contributed by atoms with E-state index in [9.17, 15) is 45.2 Å². The second-order valence-corrected chi connectivity index (χ2v) is 10.6. The van der Waals surface area contributed by atoms with Gasteiger partial charge in [-0.15, -0.1) is 0 Å². The topological polar surface area (TPSA) is 123 Å². The lowest BCUT2D eigenvalue weighted by molar-refractivity contribution is -0.127. The summed E-state index contributed by atoms with van der Waals surface area (Å²) < 4.78 is 93.9. The number of urea groups is 1. The number of sulfone groups is 1. The molecule has 3 rings (SSSR count). The Morgan fingerprint density at radius 3 is 2.51 bits per heavy atom. The van der Waals surface area contributed by atoms with Gasteiger partial charge in [0.1, 0.15) is 29.8 Å². The molecule has 9 nitrogen and oxygen atoms in total. The minimum Gasteiger partial charge on any atom is -0.347 e. The molecule has 1 saturated carbocycles. The Labute approximate surface area is 197 Å². The number of benzene rings is 1. The number of carbonyl (C=O) groups excluding carboxylic acids is 2. The maximum Gasteiger partial charge on any atom is 0.405 e. The summed E-state index contributed by atoms with van der Waals surface area (Å²) in [4.78, 5) is 26.1. The molecule has 1 aliphatic heterocycles. The fraction of sp³-hybridized carbons (Fsp3) is 0.550. The van der Waals surface area contributed by atoms with Crippen molar-refractivity contribution >= 4 is 27.5 Å². The molecule has 2 aliphatic rings. The molecule has 35 heavy (non-hydrogen) atoms. The van der Waals surface area contributed by atoms with Gasteiger partial charge in [0.25, 0.3) is 0 Å². The average Bonchev–Trinajstić information content (AvgIpc) is 3.40. The monoisotopic (exact) mass is 523 g/mol. The maximum absolute atomic E-state index is 14.5. The third-order valence-electron chi connectivity index (χ3n) is 5.60. The third-order valence-corrected chi connectivity index (χ3v) is 7.23. The molecule has 1 aromatic carbocycles. The molecule has 192 valence electrons.